The van der Waals surface area contributed by atoms with Crippen LogP contribution in [0.1, 0.15) is 11.1 Å². The fraction of sp³-hybridized carbons (Fsp3) is 0.0526. The van der Waals surface area contributed by atoms with E-state index in [2.05, 4.69) is 134 Å². The molecule has 3 aromatic heterocycles. The van der Waals surface area contributed by atoms with Crippen molar-refractivity contribution >= 4 is 75.3 Å². The van der Waals surface area contributed by atoms with Crippen LogP contribution >= 0.6 is 11.3 Å². The van der Waals surface area contributed by atoms with Gasteiger partial charge in [-0.15, -0.1) is 11.3 Å². The zero-order chi connectivity index (χ0) is 27.2. The van der Waals surface area contributed by atoms with Crippen molar-refractivity contribution in [1.82, 2.24) is 4.57 Å². The van der Waals surface area contributed by atoms with Gasteiger partial charge in [-0.2, -0.15) is 0 Å². The van der Waals surface area contributed by atoms with E-state index in [4.69, 9.17) is 4.42 Å². The summed E-state index contributed by atoms with van der Waals surface area (Å²) in [5, 5.41) is 7.47. The van der Waals surface area contributed by atoms with Crippen LogP contribution in [0.25, 0.3) is 80.7 Å². The summed E-state index contributed by atoms with van der Waals surface area (Å²) in [5.41, 5.74) is 10.3. The van der Waals surface area contributed by atoms with Crippen LogP contribution in [0.4, 0.5) is 0 Å². The molecule has 3 heteroatoms. The number of fused-ring (bicyclic) bond motifs is 9. The third-order valence-corrected chi connectivity index (χ3v) is 9.64. The fourth-order valence-corrected chi connectivity index (χ4v) is 7.79. The van der Waals surface area contributed by atoms with Crippen molar-refractivity contribution in [3.05, 3.63) is 126 Å². The Balaban J connectivity index is 1.32. The highest BCUT2D eigenvalue weighted by Gasteiger charge is 2.19. The van der Waals surface area contributed by atoms with Gasteiger partial charge in [0, 0.05) is 41.7 Å². The van der Waals surface area contributed by atoms with E-state index >= 15 is 0 Å². The van der Waals surface area contributed by atoms with Gasteiger partial charge in [0.2, 0.25) is 0 Å². The molecule has 9 aromatic rings. The van der Waals surface area contributed by atoms with E-state index in [0.717, 1.165) is 27.6 Å². The molecule has 0 aliphatic rings. The van der Waals surface area contributed by atoms with Crippen molar-refractivity contribution in [3.63, 3.8) is 0 Å². The summed E-state index contributed by atoms with van der Waals surface area (Å²) in [6.45, 7) is 4.32. The normalized spacial score (nSPS) is 12.1. The number of benzene rings is 6. The van der Waals surface area contributed by atoms with Gasteiger partial charge in [-0.3, -0.25) is 0 Å². The number of thiophene rings is 1. The molecule has 0 aliphatic heterocycles. The first kappa shape index (κ1) is 22.9. The van der Waals surface area contributed by atoms with Crippen molar-refractivity contribution in [2.45, 2.75) is 13.8 Å². The van der Waals surface area contributed by atoms with Gasteiger partial charge >= 0.3 is 0 Å². The van der Waals surface area contributed by atoms with E-state index in [0.29, 0.717) is 0 Å². The van der Waals surface area contributed by atoms with Gasteiger partial charge in [-0.05, 0) is 79.6 Å². The lowest BCUT2D eigenvalue weighted by molar-refractivity contribution is 0.666. The number of rotatable bonds is 2. The lowest BCUT2D eigenvalue weighted by Gasteiger charge is -2.09. The standard InChI is InChI=1S/C38H25NOS/c1-22-13-16-31-28(19-22)29-20-23(2)14-17-32(29)39(31)33-10-5-9-26-30-21-24(15-18-34(30)40-38(26)33)25-8-6-12-36-37(25)27-7-3-4-11-35(27)41-36/h3-21H,1-2H3. The molecule has 0 radical (unpaired) electrons. The third kappa shape index (κ3) is 3.24. The van der Waals surface area contributed by atoms with Gasteiger partial charge < -0.3 is 8.98 Å². The highest BCUT2D eigenvalue weighted by Crippen LogP contribution is 2.43. The second-order valence-electron chi connectivity index (χ2n) is 11.1. The molecule has 0 aliphatic carbocycles. The molecular formula is C38H25NOS. The minimum Gasteiger partial charge on any atom is -0.454 e. The summed E-state index contributed by atoms with van der Waals surface area (Å²) < 4.78 is 11.7. The van der Waals surface area contributed by atoms with Crippen LogP contribution in [0.15, 0.2) is 120 Å². The van der Waals surface area contributed by atoms with Crippen LogP contribution < -0.4 is 0 Å². The van der Waals surface area contributed by atoms with Gasteiger partial charge in [0.25, 0.3) is 0 Å². The predicted molar refractivity (Wildman–Crippen MR) is 176 cm³/mol. The van der Waals surface area contributed by atoms with E-state index < -0.39 is 0 Å². The lowest BCUT2D eigenvalue weighted by Crippen LogP contribution is -1.94. The number of aryl methyl sites for hydroxylation is 2. The quantitative estimate of drug-likeness (QED) is 0.212. The van der Waals surface area contributed by atoms with Crippen molar-refractivity contribution in [2.24, 2.45) is 0 Å². The molecule has 0 unspecified atom stereocenters. The van der Waals surface area contributed by atoms with Crippen LogP contribution in [-0.4, -0.2) is 4.57 Å². The van der Waals surface area contributed by atoms with Crippen molar-refractivity contribution in [1.29, 1.82) is 0 Å². The van der Waals surface area contributed by atoms with E-state index in [1.165, 1.54) is 64.2 Å². The number of hydrogen-bond donors (Lipinski definition) is 0. The van der Waals surface area contributed by atoms with Crippen LogP contribution in [0.2, 0.25) is 0 Å². The third-order valence-electron chi connectivity index (χ3n) is 8.51. The molecule has 6 aromatic carbocycles. The topological polar surface area (TPSA) is 18.1 Å². The van der Waals surface area contributed by atoms with Crippen molar-refractivity contribution < 1.29 is 4.42 Å². The highest BCUT2D eigenvalue weighted by molar-refractivity contribution is 7.25. The maximum atomic E-state index is 6.67. The SMILES string of the molecule is Cc1ccc2c(c1)c1cc(C)ccc1n2-c1cccc2c1oc1ccc(-c3cccc4sc5ccccc5c34)cc12. The first-order valence-corrected chi connectivity index (χ1v) is 14.8. The molecule has 0 spiro atoms. The number of nitrogens with zero attached hydrogens (tertiary/aromatic N) is 1. The highest BCUT2D eigenvalue weighted by atomic mass is 32.1. The largest absolute Gasteiger partial charge is 0.454 e. The van der Waals surface area contributed by atoms with Gasteiger partial charge in [0.15, 0.2) is 5.58 Å². The summed E-state index contributed by atoms with van der Waals surface area (Å²) in [7, 11) is 0. The van der Waals surface area contributed by atoms with Gasteiger partial charge in [0.05, 0.1) is 16.7 Å². The second-order valence-corrected chi connectivity index (χ2v) is 12.2. The van der Waals surface area contributed by atoms with E-state index in [1.54, 1.807) is 0 Å². The van der Waals surface area contributed by atoms with Gasteiger partial charge in [-0.25, -0.2) is 0 Å². The molecule has 0 atom stereocenters. The Labute approximate surface area is 240 Å². The fourth-order valence-electron chi connectivity index (χ4n) is 6.65. The molecule has 0 saturated carbocycles. The molecule has 3 heterocycles. The summed E-state index contributed by atoms with van der Waals surface area (Å²) in [6, 6.07) is 42.0. The summed E-state index contributed by atoms with van der Waals surface area (Å²) in [5.74, 6) is 0. The first-order valence-electron chi connectivity index (χ1n) is 14.0. The first-order chi connectivity index (χ1) is 20.1. The molecule has 9 rings (SSSR count). The maximum absolute atomic E-state index is 6.67. The minimum atomic E-state index is 0.908. The molecule has 0 bridgehead atoms. The summed E-state index contributed by atoms with van der Waals surface area (Å²) >= 11 is 1.86. The van der Waals surface area contributed by atoms with E-state index in [9.17, 15) is 0 Å². The number of para-hydroxylation sites is 1. The molecule has 2 nitrogen and oxygen atoms in total. The molecule has 0 amide bonds. The summed E-state index contributed by atoms with van der Waals surface area (Å²) in [6.07, 6.45) is 0. The average Bonchev–Trinajstić information content (AvgIpc) is 3.66. The number of hydrogen-bond acceptors (Lipinski definition) is 2. The van der Waals surface area contributed by atoms with Crippen LogP contribution in [0.5, 0.6) is 0 Å². The van der Waals surface area contributed by atoms with Crippen LogP contribution in [-0.2, 0) is 0 Å². The lowest BCUT2D eigenvalue weighted by atomic mass is 9.98. The zero-order valence-corrected chi connectivity index (χ0v) is 23.5. The molecule has 0 N–H and O–H groups in total. The van der Waals surface area contributed by atoms with Crippen LogP contribution in [0, 0.1) is 13.8 Å². The molecule has 0 saturated heterocycles. The van der Waals surface area contributed by atoms with E-state index in [1.807, 2.05) is 11.3 Å². The smallest absolute Gasteiger partial charge is 0.159 e. The zero-order valence-electron chi connectivity index (χ0n) is 22.7. The Morgan fingerprint density at radius 3 is 2.07 bits per heavy atom. The molecular weight excluding hydrogens is 518 g/mol. The Kier molecular flexibility index (Phi) is 4.65. The van der Waals surface area contributed by atoms with Crippen molar-refractivity contribution in [2.75, 3.05) is 0 Å². The monoisotopic (exact) mass is 543 g/mol. The van der Waals surface area contributed by atoms with Crippen LogP contribution in [0.3, 0.4) is 0 Å². The maximum Gasteiger partial charge on any atom is 0.159 e. The molecule has 0 fully saturated rings. The summed E-state index contributed by atoms with van der Waals surface area (Å²) in [4.78, 5) is 0. The van der Waals surface area contributed by atoms with E-state index in [-0.39, 0.29) is 0 Å². The average molecular weight is 544 g/mol. The Morgan fingerprint density at radius 1 is 0.561 bits per heavy atom. The molecule has 194 valence electrons. The van der Waals surface area contributed by atoms with Gasteiger partial charge in [0.1, 0.15) is 5.58 Å². The number of furan rings is 1. The number of aromatic nitrogens is 1. The van der Waals surface area contributed by atoms with Crippen molar-refractivity contribution in [3.8, 4) is 16.8 Å². The minimum absolute atomic E-state index is 0.908. The Bertz CT molecular complexity index is 2450. The Morgan fingerprint density at radius 2 is 1.27 bits per heavy atom. The van der Waals surface area contributed by atoms with Gasteiger partial charge in [-0.1, -0.05) is 71.8 Å². The predicted octanol–water partition coefficient (Wildman–Crippen LogP) is 11.3. The second kappa shape index (κ2) is 8.33. The Hall–Kier alpha value is -4.86. The molecule has 41 heavy (non-hydrogen) atoms.